The van der Waals surface area contributed by atoms with E-state index in [4.69, 9.17) is 16.7 Å². The smallest absolute Gasteiger partial charge is 0.229 e. The van der Waals surface area contributed by atoms with Crippen LogP contribution in [0, 0.1) is 5.41 Å². The molecule has 0 aromatic carbocycles. The van der Waals surface area contributed by atoms with Crippen LogP contribution in [0.25, 0.3) is 0 Å². The van der Waals surface area contributed by atoms with Gasteiger partial charge < -0.3 is 10.0 Å². The van der Waals surface area contributed by atoms with Gasteiger partial charge in [0, 0.05) is 18.5 Å². The Bertz CT molecular complexity index is 215. The van der Waals surface area contributed by atoms with Gasteiger partial charge in [0.15, 0.2) is 0 Å². The van der Waals surface area contributed by atoms with Gasteiger partial charge in [-0.25, -0.2) is 0 Å². The first-order chi connectivity index (χ1) is 7.44. The normalized spacial score (nSPS) is 11.9. The average Bonchev–Trinajstić information content (AvgIpc) is 2.28. The van der Waals surface area contributed by atoms with Crippen molar-refractivity contribution in [3.8, 4) is 0 Å². The maximum atomic E-state index is 12.3. The highest BCUT2D eigenvalue weighted by Gasteiger charge is 2.33. The van der Waals surface area contributed by atoms with Crippen molar-refractivity contribution in [3.05, 3.63) is 0 Å². The Labute approximate surface area is 104 Å². The molecular weight excluding hydrogens is 226 g/mol. The Morgan fingerprint density at radius 1 is 1.38 bits per heavy atom. The summed E-state index contributed by atoms with van der Waals surface area (Å²) >= 11 is 5.81. The fourth-order valence-corrected chi connectivity index (χ4v) is 1.85. The van der Waals surface area contributed by atoms with Gasteiger partial charge in [-0.15, -0.1) is 11.6 Å². The summed E-state index contributed by atoms with van der Waals surface area (Å²) in [4.78, 5) is 14.0. The van der Waals surface area contributed by atoms with Gasteiger partial charge in [-0.3, -0.25) is 4.79 Å². The molecule has 0 aliphatic rings. The number of alkyl halides is 1. The molecule has 0 spiro atoms. The van der Waals surface area contributed by atoms with Crippen LogP contribution in [0.3, 0.4) is 0 Å². The van der Waals surface area contributed by atoms with Gasteiger partial charge >= 0.3 is 0 Å². The minimum absolute atomic E-state index is 0.000601. The van der Waals surface area contributed by atoms with E-state index < -0.39 is 5.41 Å². The lowest BCUT2D eigenvalue weighted by molar-refractivity contribution is -0.142. The van der Waals surface area contributed by atoms with E-state index in [1.165, 1.54) is 0 Å². The molecule has 16 heavy (non-hydrogen) atoms. The standard InChI is InChI=1S/C12H24ClNO2/c1-5-10(6-2)14(7-8-15)11(16)12(3,4)9-13/h10,15H,5-9H2,1-4H3. The van der Waals surface area contributed by atoms with E-state index in [1.54, 1.807) is 4.90 Å². The Balaban J connectivity index is 4.83. The Hall–Kier alpha value is -0.280. The molecule has 0 aromatic heterocycles. The summed E-state index contributed by atoms with van der Waals surface area (Å²) in [5, 5.41) is 9.04. The molecule has 0 atom stereocenters. The van der Waals surface area contributed by atoms with Crippen molar-refractivity contribution in [2.45, 2.75) is 46.6 Å². The molecule has 0 bridgehead atoms. The minimum atomic E-state index is -0.556. The fourth-order valence-electron chi connectivity index (χ4n) is 1.73. The monoisotopic (exact) mass is 249 g/mol. The molecular formula is C12H24ClNO2. The van der Waals surface area contributed by atoms with Gasteiger partial charge in [0.1, 0.15) is 0 Å². The number of hydrogen-bond acceptors (Lipinski definition) is 2. The van der Waals surface area contributed by atoms with Crippen molar-refractivity contribution < 1.29 is 9.90 Å². The molecule has 0 unspecified atom stereocenters. The number of carbonyl (C=O) groups is 1. The largest absolute Gasteiger partial charge is 0.395 e. The van der Waals surface area contributed by atoms with E-state index >= 15 is 0 Å². The highest BCUT2D eigenvalue weighted by Crippen LogP contribution is 2.23. The van der Waals surface area contributed by atoms with Crippen LogP contribution >= 0.6 is 11.6 Å². The zero-order valence-electron chi connectivity index (χ0n) is 10.8. The number of halogens is 1. The van der Waals surface area contributed by atoms with Gasteiger partial charge in [-0.05, 0) is 26.7 Å². The lowest BCUT2D eigenvalue weighted by atomic mass is 9.93. The van der Waals surface area contributed by atoms with Crippen LogP contribution in [0.5, 0.6) is 0 Å². The van der Waals surface area contributed by atoms with Crippen LogP contribution in [-0.2, 0) is 4.79 Å². The van der Waals surface area contributed by atoms with E-state index in [0.717, 1.165) is 12.8 Å². The zero-order chi connectivity index (χ0) is 12.8. The molecule has 0 heterocycles. The first kappa shape index (κ1) is 15.7. The number of amides is 1. The topological polar surface area (TPSA) is 40.5 Å². The van der Waals surface area contributed by atoms with Crippen LogP contribution in [0.2, 0.25) is 0 Å². The number of carbonyl (C=O) groups excluding carboxylic acids is 1. The van der Waals surface area contributed by atoms with Gasteiger partial charge in [-0.2, -0.15) is 0 Å². The number of nitrogens with zero attached hydrogens (tertiary/aromatic N) is 1. The van der Waals surface area contributed by atoms with Crippen molar-refractivity contribution in [1.29, 1.82) is 0 Å². The Kier molecular flexibility index (Phi) is 7.00. The third-order valence-corrected chi connectivity index (χ3v) is 3.57. The summed E-state index contributed by atoms with van der Waals surface area (Å²) in [5.74, 6) is 0.332. The fraction of sp³-hybridized carbons (Fsp3) is 0.917. The Morgan fingerprint density at radius 2 is 1.88 bits per heavy atom. The quantitative estimate of drug-likeness (QED) is 0.704. The molecule has 0 rings (SSSR count). The van der Waals surface area contributed by atoms with Crippen molar-refractivity contribution in [1.82, 2.24) is 4.90 Å². The molecule has 0 saturated carbocycles. The number of rotatable bonds is 7. The van der Waals surface area contributed by atoms with Gasteiger partial charge in [0.2, 0.25) is 5.91 Å². The average molecular weight is 250 g/mol. The van der Waals surface area contributed by atoms with Crippen LogP contribution in [0.1, 0.15) is 40.5 Å². The molecule has 1 amide bonds. The first-order valence-corrected chi connectivity index (χ1v) is 6.45. The predicted molar refractivity (Wildman–Crippen MR) is 67.7 cm³/mol. The van der Waals surface area contributed by atoms with Crippen LogP contribution in [0.4, 0.5) is 0 Å². The molecule has 3 nitrogen and oxygen atoms in total. The van der Waals surface area contributed by atoms with Gasteiger partial charge in [0.05, 0.1) is 12.0 Å². The van der Waals surface area contributed by atoms with Crippen molar-refractivity contribution in [2.75, 3.05) is 19.0 Å². The van der Waals surface area contributed by atoms with Crippen molar-refractivity contribution >= 4 is 17.5 Å². The van der Waals surface area contributed by atoms with Crippen LogP contribution < -0.4 is 0 Å². The second-order valence-electron chi connectivity index (χ2n) is 4.71. The number of aliphatic hydroxyl groups excluding tert-OH is 1. The lowest BCUT2D eigenvalue weighted by Crippen LogP contribution is -2.48. The van der Waals surface area contributed by atoms with Crippen LogP contribution in [-0.4, -0.2) is 41.0 Å². The summed E-state index contributed by atoms with van der Waals surface area (Å²) < 4.78 is 0. The van der Waals surface area contributed by atoms with Gasteiger partial charge in [0.25, 0.3) is 0 Å². The summed E-state index contributed by atoms with van der Waals surface area (Å²) in [6, 6.07) is 0.196. The molecule has 0 aromatic rings. The van der Waals surface area contributed by atoms with E-state index in [9.17, 15) is 4.79 Å². The molecule has 1 N–H and O–H groups in total. The molecule has 0 fully saturated rings. The first-order valence-electron chi connectivity index (χ1n) is 5.92. The summed E-state index contributed by atoms with van der Waals surface area (Å²) in [5.41, 5.74) is -0.556. The third-order valence-electron chi connectivity index (χ3n) is 2.90. The van der Waals surface area contributed by atoms with E-state index in [0.29, 0.717) is 12.4 Å². The molecule has 0 radical (unpaired) electrons. The molecule has 0 saturated heterocycles. The second-order valence-corrected chi connectivity index (χ2v) is 4.98. The minimum Gasteiger partial charge on any atom is -0.395 e. The molecule has 96 valence electrons. The third kappa shape index (κ3) is 3.95. The molecule has 4 heteroatoms. The summed E-state index contributed by atoms with van der Waals surface area (Å²) in [6.45, 7) is 8.19. The number of hydrogen-bond donors (Lipinski definition) is 1. The highest BCUT2D eigenvalue weighted by atomic mass is 35.5. The highest BCUT2D eigenvalue weighted by molar-refractivity contribution is 6.19. The second kappa shape index (κ2) is 7.13. The SMILES string of the molecule is CCC(CC)N(CCO)C(=O)C(C)(C)CCl. The van der Waals surface area contributed by atoms with E-state index in [-0.39, 0.29) is 18.6 Å². The Morgan fingerprint density at radius 3 is 2.19 bits per heavy atom. The van der Waals surface area contributed by atoms with Crippen molar-refractivity contribution in [2.24, 2.45) is 5.41 Å². The molecule has 0 aliphatic heterocycles. The van der Waals surface area contributed by atoms with Crippen LogP contribution in [0.15, 0.2) is 0 Å². The maximum Gasteiger partial charge on any atom is 0.229 e. The summed E-state index contributed by atoms with van der Waals surface area (Å²) in [7, 11) is 0. The number of aliphatic hydroxyl groups is 1. The zero-order valence-corrected chi connectivity index (χ0v) is 11.5. The van der Waals surface area contributed by atoms with E-state index in [2.05, 4.69) is 13.8 Å². The van der Waals surface area contributed by atoms with Gasteiger partial charge in [-0.1, -0.05) is 13.8 Å². The molecule has 0 aliphatic carbocycles. The van der Waals surface area contributed by atoms with Crippen molar-refractivity contribution in [3.63, 3.8) is 0 Å². The lowest BCUT2D eigenvalue weighted by Gasteiger charge is -2.35. The maximum absolute atomic E-state index is 12.3. The summed E-state index contributed by atoms with van der Waals surface area (Å²) in [6.07, 6.45) is 1.81. The predicted octanol–water partition coefficient (Wildman–Crippen LogP) is 2.26. The van der Waals surface area contributed by atoms with E-state index in [1.807, 2.05) is 13.8 Å².